The van der Waals surface area contributed by atoms with Crippen molar-refractivity contribution in [3.05, 3.63) is 103 Å². The Hall–Kier alpha value is -5.61. The monoisotopic (exact) mass is 717 g/mol. The van der Waals surface area contributed by atoms with E-state index in [1.165, 1.54) is 62.0 Å². The smallest absolute Gasteiger partial charge is 0.341 e. The SMILES string of the molecule is CCC(F)(F)c1ccc(CNC(=O)[C@H]2CN(c3cnc4cncnc4n3)CCN2S(=O)(=O)c2ccc(-c3cccc(OCC(=O)O)c3)cc2)cc1. The van der Waals surface area contributed by atoms with E-state index < -0.39 is 40.5 Å². The molecule has 16 heteroatoms. The van der Waals surface area contributed by atoms with Crippen molar-refractivity contribution in [2.75, 3.05) is 31.1 Å². The molecule has 1 fully saturated rings. The van der Waals surface area contributed by atoms with E-state index in [9.17, 15) is 26.8 Å². The van der Waals surface area contributed by atoms with Crippen LogP contribution in [0.1, 0.15) is 24.5 Å². The first-order valence-electron chi connectivity index (χ1n) is 15.9. The van der Waals surface area contributed by atoms with Crippen LogP contribution in [0.5, 0.6) is 5.75 Å². The number of hydrogen-bond donors (Lipinski definition) is 2. The van der Waals surface area contributed by atoms with Gasteiger partial charge < -0.3 is 20.1 Å². The number of aromatic nitrogens is 4. The molecule has 0 radical (unpaired) electrons. The third kappa shape index (κ3) is 7.91. The van der Waals surface area contributed by atoms with E-state index in [0.717, 1.165) is 4.31 Å². The molecular formula is C35H33F2N7O6S. The van der Waals surface area contributed by atoms with Crippen molar-refractivity contribution in [1.29, 1.82) is 0 Å². The normalized spacial score (nSPS) is 15.4. The van der Waals surface area contributed by atoms with Crippen LogP contribution in [-0.4, -0.2) is 81.9 Å². The summed E-state index contributed by atoms with van der Waals surface area (Å²) in [5, 5.41) is 11.7. The molecule has 0 aliphatic carbocycles. The number of nitrogens with one attached hydrogen (secondary N) is 1. The van der Waals surface area contributed by atoms with Gasteiger partial charge in [0.25, 0.3) is 5.92 Å². The van der Waals surface area contributed by atoms with Crippen LogP contribution in [0.3, 0.4) is 0 Å². The summed E-state index contributed by atoms with van der Waals surface area (Å²) in [6.45, 7) is 0.956. The number of ether oxygens (including phenoxy) is 1. The number of carbonyl (C=O) groups is 2. The molecular weight excluding hydrogens is 684 g/mol. The van der Waals surface area contributed by atoms with Gasteiger partial charge in [0.15, 0.2) is 12.3 Å². The molecule has 0 saturated carbocycles. The van der Waals surface area contributed by atoms with Gasteiger partial charge in [-0.1, -0.05) is 55.5 Å². The van der Waals surface area contributed by atoms with Crippen molar-refractivity contribution in [3.63, 3.8) is 0 Å². The minimum absolute atomic E-state index is 0.0160. The largest absolute Gasteiger partial charge is 0.482 e. The first kappa shape index (κ1) is 35.2. The number of amides is 1. The van der Waals surface area contributed by atoms with Crippen molar-refractivity contribution >= 4 is 38.9 Å². The second-order valence-corrected chi connectivity index (χ2v) is 13.6. The van der Waals surface area contributed by atoms with E-state index in [-0.39, 0.29) is 43.1 Å². The average molecular weight is 718 g/mol. The molecule has 264 valence electrons. The highest BCUT2D eigenvalue weighted by atomic mass is 32.2. The van der Waals surface area contributed by atoms with E-state index >= 15 is 0 Å². The van der Waals surface area contributed by atoms with E-state index in [4.69, 9.17) is 9.84 Å². The van der Waals surface area contributed by atoms with Crippen molar-refractivity contribution in [2.45, 2.75) is 36.7 Å². The topological polar surface area (TPSA) is 168 Å². The van der Waals surface area contributed by atoms with Gasteiger partial charge in [0.05, 0.1) is 17.3 Å². The first-order chi connectivity index (χ1) is 24.4. The Bertz CT molecular complexity index is 2150. The van der Waals surface area contributed by atoms with Crippen LogP contribution in [0.4, 0.5) is 14.6 Å². The average Bonchev–Trinajstić information content (AvgIpc) is 3.16. The van der Waals surface area contributed by atoms with Gasteiger partial charge in [-0.3, -0.25) is 4.79 Å². The molecule has 1 aliphatic rings. The second-order valence-electron chi connectivity index (χ2n) is 11.7. The lowest BCUT2D eigenvalue weighted by Gasteiger charge is -2.40. The zero-order chi connectivity index (χ0) is 36.2. The predicted molar refractivity (Wildman–Crippen MR) is 183 cm³/mol. The van der Waals surface area contributed by atoms with Gasteiger partial charge >= 0.3 is 5.97 Å². The molecule has 13 nitrogen and oxygen atoms in total. The van der Waals surface area contributed by atoms with Crippen LogP contribution < -0.4 is 15.0 Å². The maximum atomic E-state index is 14.1. The minimum atomic E-state index is -4.21. The Morgan fingerprint density at radius 1 is 1.00 bits per heavy atom. The standard InChI is InChI=1S/C35H33F2N7O6S/c1-2-35(36,37)26-10-6-23(7-11-26)17-40-34(47)30-20-43(31-19-39-29-18-38-22-41-33(29)42-31)14-15-44(30)51(48,49)28-12-8-24(9-13-28)25-4-3-5-27(16-25)50-21-32(45)46/h3-13,16,18-19,22,30H,2,14-15,17,20-21H2,1H3,(H,40,47)(H,45,46)/t30-/m1/s1. The second kappa shape index (κ2) is 14.7. The van der Waals surface area contributed by atoms with Crippen LogP contribution >= 0.6 is 0 Å². The molecule has 2 N–H and O–H groups in total. The molecule has 0 unspecified atom stereocenters. The predicted octanol–water partition coefficient (Wildman–Crippen LogP) is 4.25. The highest BCUT2D eigenvalue weighted by Crippen LogP contribution is 2.32. The molecule has 3 heterocycles. The zero-order valence-corrected chi connectivity index (χ0v) is 28.1. The summed E-state index contributed by atoms with van der Waals surface area (Å²) in [5.74, 6) is -3.93. The number of sulfonamides is 1. The quantitative estimate of drug-likeness (QED) is 0.189. The summed E-state index contributed by atoms with van der Waals surface area (Å²) >= 11 is 0. The molecule has 1 saturated heterocycles. The lowest BCUT2D eigenvalue weighted by atomic mass is 10.0. The Labute approximate surface area is 292 Å². The molecule has 5 aromatic rings. The number of nitrogens with zero attached hydrogens (tertiary/aromatic N) is 6. The lowest BCUT2D eigenvalue weighted by molar-refractivity contribution is -0.139. The number of piperazine rings is 1. The van der Waals surface area contributed by atoms with Gasteiger partial charge in [0, 0.05) is 38.2 Å². The Kier molecular flexibility index (Phi) is 10.2. The summed E-state index contributed by atoms with van der Waals surface area (Å²) in [6, 6.07) is 17.3. The summed E-state index contributed by atoms with van der Waals surface area (Å²) in [4.78, 5) is 43.4. The van der Waals surface area contributed by atoms with Crippen LogP contribution in [0.2, 0.25) is 0 Å². The molecule has 3 aromatic carbocycles. The molecule has 1 aliphatic heterocycles. The number of alkyl halides is 2. The molecule has 0 spiro atoms. The minimum Gasteiger partial charge on any atom is -0.482 e. The fraction of sp³-hybridized carbons (Fsp3) is 0.257. The van der Waals surface area contributed by atoms with Gasteiger partial charge in [-0.15, -0.1) is 0 Å². The van der Waals surface area contributed by atoms with Crippen molar-refractivity contribution in [3.8, 4) is 16.9 Å². The Morgan fingerprint density at radius 3 is 2.49 bits per heavy atom. The van der Waals surface area contributed by atoms with Crippen LogP contribution in [-0.2, 0) is 32.1 Å². The number of carboxylic acids is 1. The fourth-order valence-corrected chi connectivity index (χ4v) is 7.20. The van der Waals surface area contributed by atoms with Crippen LogP contribution in [0.25, 0.3) is 22.3 Å². The number of fused-ring (bicyclic) bond motifs is 1. The lowest BCUT2D eigenvalue weighted by Crippen LogP contribution is -2.60. The van der Waals surface area contributed by atoms with E-state index in [0.29, 0.717) is 39.4 Å². The number of rotatable bonds is 12. The highest BCUT2D eigenvalue weighted by Gasteiger charge is 2.40. The summed E-state index contributed by atoms with van der Waals surface area (Å²) < 4.78 is 63.0. The van der Waals surface area contributed by atoms with E-state index in [1.54, 1.807) is 41.3 Å². The molecule has 1 atom stereocenters. The van der Waals surface area contributed by atoms with Crippen LogP contribution in [0, 0.1) is 0 Å². The van der Waals surface area contributed by atoms with Crippen molar-refractivity contribution < 1.29 is 36.6 Å². The first-order valence-corrected chi connectivity index (χ1v) is 17.4. The number of benzene rings is 3. The summed E-state index contributed by atoms with van der Waals surface area (Å²) in [7, 11) is -4.21. The van der Waals surface area contributed by atoms with Crippen LogP contribution in [0.15, 0.2) is 96.4 Å². The highest BCUT2D eigenvalue weighted by molar-refractivity contribution is 7.89. The van der Waals surface area contributed by atoms with Gasteiger partial charge in [-0.05, 0) is 41.0 Å². The molecule has 51 heavy (non-hydrogen) atoms. The zero-order valence-electron chi connectivity index (χ0n) is 27.3. The Morgan fingerprint density at radius 2 is 1.76 bits per heavy atom. The third-order valence-electron chi connectivity index (χ3n) is 8.45. The third-order valence-corrected chi connectivity index (χ3v) is 10.4. The fourth-order valence-electron chi connectivity index (χ4n) is 5.63. The van der Waals surface area contributed by atoms with E-state index in [2.05, 4.69) is 25.3 Å². The maximum Gasteiger partial charge on any atom is 0.341 e. The van der Waals surface area contributed by atoms with E-state index in [1.807, 2.05) is 0 Å². The van der Waals surface area contributed by atoms with Gasteiger partial charge in [0.1, 0.15) is 29.5 Å². The van der Waals surface area contributed by atoms with Gasteiger partial charge in [0.2, 0.25) is 15.9 Å². The maximum absolute atomic E-state index is 14.1. The molecule has 1 amide bonds. The van der Waals surface area contributed by atoms with Gasteiger partial charge in [-0.2, -0.15) is 4.31 Å². The molecule has 6 rings (SSSR count). The molecule has 0 bridgehead atoms. The number of aliphatic carboxylic acids is 1. The number of halogens is 2. The number of carboxylic acid groups (broad SMARTS) is 1. The number of hydrogen-bond acceptors (Lipinski definition) is 10. The van der Waals surface area contributed by atoms with Gasteiger partial charge in [-0.25, -0.2) is 41.9 Å². The molecule has 2 aromatic heterocycles. The number of carbonyl (C=O) groups excluding carboxylic acids is 1. The van der Waals surface area contributed by atoms with Crippen molar-refractivity contribution in [2.24, 2.45) is 0 Å². The Balaban J connectivity index is 1.24. The summed E-state index contributed by atoms with van der Waals surface area (Å²) in [5.41, 5.74) is 2.59. The van der Waals surface area contributed by atoms with Crippen molar-refractivity contribution in [1.82, 2.24) is 29.6 Å². The summed E-state index contributed by atoms with van der Waals surface area (Å²) in [6.07, 6.45) is 4.02. The number of anilines is 1.